The maximum atomic E-state index is 11.9. The number of ether oxygens (including phenoxy) is 1. The zero-order valence-corrected chi connectivity index (χ0v) is 11.7. The van der Waals surface area contributed by atoms with E-state index in [1.54, 1.807) is 11.9 Å². The fourth-order valence-corrected chi connectivity index (χ4v) is 2.42. The van der Waals surface area contributed by atoms with Gasteiger partial charge in [-0.3, -0.25) is 14.3 Å². The lowest BCUT2D eigenvalue weighted by Crippen LogP contribution is -2.47. The number of likely N-dealkylation sites (N-methyl/N-ethyl adjacent to an activating group) is 1. The number of anilines is 2. The summed E-state index contributed by atoms with van der Waals surface area (Å²) in [5.74, 6) is 0.0805. The van der Waals surface area contributed by atoms with Crippen molar-refractivity contribution in [2.24, 2.45) is 7.05 Å². The van der Waals surface area contributed by atoms with Crippen LogP contribution in [0.1, 0.15) is 12.8 Å². The molecule has 0 aliphatic carbocycles. The van der Waals surface area contributed by atoms with Crippen LogP contribution in [0, 0.1) is 0 Å². The predicted molar refractivity (Wildman–Crippen MR) is 75.0 cm³/mol. The third-order valence-electron chi connectivity index (χ3n) is 3.68. The Morgan fingerprint density at radius 2 is 2.05 bits per heavy atom. The number of aromatic amines is 1. The van der Waals surface area contributed by atoms with E-state index in [4.69, 9.17) is 10.5 Å². The molecule has 0 atom stereocenters. The molecule has 0 amide bonds. The van der Waals surface area contributed by atoms with Gasteiger partial charge in [0.05, 0.1) is 5.60 Å². The number of aliphatic hydroxyl groups is 1. The third kappa shape index (κ3) is 2.70. The van der Waals surface area contributed by atoms with Crippen LogP contribution < -0.4 is 21.9 Å². The predicted octanol–water partition coefficient (Wildman–Crippen LogP) is -1.37. The van der Waals surface area contributed by atoms with Gasteiger partial charge in [0.25, 0.3) is 5.56 Å². The molecule has 0 aromatic carbocycles. The monoisotopic (exact) mass is 284 g/mol. The van der Waals surface area contributed by atoms with Gasteiger partial charge in [-0.05, 0) is 0 Å². The van der Waals surface area contributed by atoms with Gasteiger partial charge in [0, 0.05) is 46.7 Å². The summed E-state index contributed by atoms with van der Waals surface area (Å²) in [6.07, 6.45) is 1.00. The number of nitrogens with two attached hydrogens (primary N) is 1. The van der Waals surface area contributed by atoms with E-state index < -0.39 is 16.9 Å². The molecule has 2 rings (SSSR count). The van der Waals surface area contributed by atoms with Gasteiger partial charge in [0.1, 0.15) is 11.5 Å². The van der Waals surface area contributed by atoms with Gasteiger partial charge in [-0.15, -0.1) is 0 Å². The fraction of sp³-hybridized carbons (Fsp3) is 0.667. The van der Waals surface area contributed by atoms with Crippen molar-refractivity contribution >= 4 is 11.5 Å². The Morgan fingerprint density at radius 1 is 1.45 bits per heavy atom. The number of nitrogens with one attached hydrogen (secondary N) is 1. The summed E-state index contributed by atoms with van der Waals surface area (Å²) in [4.78, 5) is 27.1. The second kappa shape index (κ2) is 5.29. The molecule has 1 saturated heterocycles. The summed E-state index contributed by atoms with van der Waals surface area (Å²) in [6.45, 7) is 1.23. The minimum Gasteiger partial charge on any atom is -0.388 e. The van der Waals surface area contributed by atoms with Crippen molar-refractivity contribution in [2.75, 3.05) is 37.4 Å². The van der Waals surface area contributed by atoms with Crippen molar-refractivity contribution in [1.82, 2.24) is 9.55 Å². The Bertz CT molecular complexity index is 600. The molecule has 20 heavy (non-hydrogen) atoms. The van der Waals surface area contributed by atoms with Crippen molar-refractivity contribution in [3.8, 4) is 0 Å². The normalized spacial score (nSPS) is 17.9. The molecule has 0 radical (unpaired) electrons. The molecule has 1 fully saturated rings. The standard InChI is InChI=1S/C12H20N4O4/c1-15(7-12(19)3-5-20-6-4-12)8-9(13)16(2)11(18)14-10(8)17/h19H,3-7,13H2,1-2H3,(H,14,17,18). The van der Waals surface area contributed by atoms with Crippen molar-refractivity contribution in [1.29, 1.82) is 0 Å². The van der Waals surface area contributed by atoms with E-state index in [-0.39, 0.29) is 18.1 Å². The Balaban J connectivity index is 2.30. The number of hydrogen-bond acceptors (Lipinski definition) is 6. The summed E-state index contributed by atoms with van der Waals surface area (Å²) in [7, 11) is 3.15. The highest BCUT2D eigenvalue weighted by Crippen LogP contribution is 2.24. The van der Waals surface area contributed by atoms with Crippen LogP contribution in [0.25, 0.3) is 0 Å². The first-order valence-corrected chi connectivity index (χ1v) is 6.44. The zero-order valence-electron chi connectivity index (χ0n) is 11.7. The highest BCUT2D eigenvalue weighted by atomic mass is 16.5. The highest BCUT2D eigenvalue weighted by molar-refractivity contribution is 5.62. The van der Waals surface area contributed by atoms with Crippen LogP contribution in [-0.2, 0) is 11.8 Å². The molecule has 8 heteroatoms. The van der Waals surface area contributed by atoms with E-state index in [0.717, 1.165) is 0 Å². The van der Waals surface area contributed by atoms with Crippen molar-refractivity contribution in [3.63, 3.8) is 0 Å². The molecule has 1 aromatic heterocycles. The molecule has 0 saturated carbocycles. The van der Waals surface area contributed by atoms with E-state index in [2.05, 4.69) is 4.98 Å². The molecule has 0 unspecified atom stereocenters. The summed E-state index contributed by atoms with van der Waals surface area (Å²) in [5.41, 5.74) is 3.99. The summed E-state index contributed by atoms with van der Waals surface area (Å²) in [5, 5.41) is 10.5. The van der Waals surface area contributed by atoms with Crippen molar-refractivity contribution in [2.45, 2.75) is 18.4 Å². The second-order valence-corrected chi connectivity index (χ2v) is 5.24. The largest absolute Gasteiger partial charge is 0.388 e. The number of nitrogens with zero attached hydrogens (tertiary/aromatic N) is 2. The average Bonchev–Trinajstić information content (AvgIpc) is 2.36. The molecule has 8 nitrogen and oxygen atoms in total. The smallest absolute Gasteiger partial charge is 0.329 e. The highest BCUT2D eigenvalue weighted by Gasteiger charge is 2.32. The molecule has 1 aromatic rings. The molecule has 112 valence electrons. The quantitative estimate of drug-likeness (QED) is 0.631. The third-order valence-corrected chi connectivity index (χ3v) is 3.68. The van der Waals surface area contributed by atoms with E-state index in [1.807, 2.05) is 0 Å². The molecule has 4 N–H and O–H groups in total. The second-order valence-electron chi connectivity index (χ2n) is 5.24. The number of rotatable bonds is 3. The van der Waals surface area contributed by atoms with E-state index in [0.29, 0.717) is 26.1 Å². The van der Waals surface area contributed by atoms with Crippen LogP contribution in [-0.4, -0.2) is 47.1 Å². The molecule has 1 aliphatic heterocycles. The molecule has 2 heterocycles. The van der Waals surface area contributed by atoms with Gasteiger partial charge in [-0.1, -0.05) is 0 Å². The first-order chi connectivity index (χ1) is 9.34. The van der Waals surface area contributed by atoms with E-state index in [1.165, 1.54) is 11.6 Å². The number of H-pyrrole nitrogens is 1. The average molecular weight is 284 g/mol. The van der Waals surface area contributed by atoms with Crippen LogP contribution in [0.15, 0.2) is 9.59 Å². The molecular formula is C12H20N4O4. The first-order valence-electron chi connectivity index (χ1n) is 6.44. The fourth-order valence-electron chi connectivity index (χ4n) is 2.42. The van der Waals surface area contributed by atoms with E-state index in [9.17, 15) is 14.7 Å². The van der Waals surface area contributed by atoms with Crippen LogP contribution in [0.3, 0.4) is 0 Å². The Kier molecular flexibility index (Phi) is 3.87. The molecular weight excluding hydrogens is 264 g/mol. The lowest BCUT2D eigenvalue weighted by molar-refractivity contribution is -0.0572. The number of aromatic nitrogens is 2. The maximum Gasteiger partial charge on any atom is 0.329 e. The summed E-state index contributed by atoms with van der Waals surface area (Å²) >= 11 is 0. The maximum absolute atomic E-state index is 11.9. The van der Waals surface area contributed by atoms with Gasteiger partial charge in [-0.2, -0.15) is 0 Å². The van der Waals surface area contributed by atoms with Crippen molar-refractivity contribution < 1.29 is 9.84 Å². The molecule has 0 bridgehead atoms. The first kappa shape index (κ1) is 14.6. The van der Waals surface area contributed by atoms with Gasteiger partial charge >= 0.3 is 5.69 Å². The Morgan fingerprint density at radius 3 is 2.65 bits per heavy atom. The van der Waals surface area contributed by atoms with Crippen LogP contribution >= 0.6 is 0 Å². The summed E-state index contributed by atoms with van der Waals surface area (Å²) in [6, 6.07) is 0. The van der Waals surface area contributed by atoms with Crippen LogP contribution in [0.2, 0.25) is 0 Å². The van der Waals surface area contributed by atoms with Gasteiger partial charge in [-0.25, -0.2) is 4.79 Å². The zero-order chi connectivity index (χ0) is 14.9. The lowest BCUT2D eigenvalue weighted by Gasteiger charge is -2.36. The van der Waals surface area contributed by atoms with Crippen molar-refractivity contribution in [3.05, 3.63) is 20.8 Å². The minimum atomic E-state index is -0.916. The van der Waals surface area contributed by atoms with Gasteiger partial charge in [0.15, 0.2) is 0 Å². The minimum absolute atomic E-state index is 0.0805. The number of hydrogen-bond donors (Lipinski definition) is 3. The van der Waals surface area contributed by atoms with Crippen LogP contribution in [0.4, 0.5) is 11.5 Å². The topological polar surface area (TPSA) is 114 Å². The Labute approximate surface area is 115 Å². The molecule has 1 aliphatic rings. The van der Waals surface area contributed by atoms with Crippen LogP contribution in [0.5, 0.6) is 0 Å². The SMILES string of the molecule is CN(CC1(O)CCOCC1)c1c(N)n(C)c(=O)[nH]c1=O. The lowest BCUT2D eigenvalue weighted by atomic mass is 9.94. The van der Waals surface area contributed by atoms with Gasteiger partial charge < -0.3 is 20.5 Å². The van der Waals surface area contributed by atoms with E-state index >= 15 is 0 Å². The van der Waals surface area contributed by atoms with Gasteiger partial charge in [0.2, 0.25) is 0 Å². The Hall–Kier alpha value is -1.80. The molecule has 0 spiro atoms. The summed E-state index contributed by atoms with van der Waals surface area (Å²) < 4.78 is 6.39. The number of nitrogen functional groups attached to an aromatic ring is 1.